The lowest BCUT2D eigenvalue weighted by atomic mass is 9.76. The van der Waals surface area contributed by atoms with Gasteiger partial charge in [-0.2, -0.15) is 5.10 Å². The van der Waals surface area contributed by atoms with E-state index >= 15 is 0 Å². The van der Waals surface area contributed by atoms with Crippen LogP contribution in [0.15, 0.2) is 88.9 Å². The third-order valence-electron chi connectivity index (χ3n) is 7.30. The number of thioether (sulfide) groups is 1. The summed E-state index contributed by atoms with van der Waals surface area (Å²) in [5.74, 6) is 0.136. The fourth-order valence-electron chi connectivity index (χ4n) is 5.16. The molecule has 1 aliphatic heterocycles. The zero-order valence-corrected chi connectivity index (χ0v) is 23.6. The highest BCUT2D eigenvalue weighted by Gasteiger charge is 2.38. The summed E-state index contributed by atoms with van der Waals surface area (Å²) in [4.78, 5) is 25.5. The van der Waals surface area contributed by atoms with E-state index in [9.17, 15) is 9.59 Å². The Morgan fingerprint density at radius 1 is 1.08 bits per heavy atom. The molecule has 1 aliphatic carbocycles. The third-order valence-corrected chi connectivity index (χ3v) is 8.66. The second-order valence-corrected chi connectivity index (χ2v) is 11.6. The number of nitrogens with one attached hydrogen (secondary N) is 2. The topological polar surface area (TPSA) is 79.8 Å². The number of rotatable bonds is 7. The van der Waals surface area contributed by atoms with Gasteiger partial charge in [0.15, 0.2) is 0 Å². The van der Waals surface area contributed by atoms with Crippen LogP contribution in [0.4, 0.5) is 5.69 Å². The Labute approximate surface area is 237 Å². The van der Waals surface area contributed by atoms with Gasteiger partial charge < -0.3 is 10.1 Å². The number of esters is 1. The SMILES string of the molecule is COC(=O)c1ccc([C@@H]2Nc3ccc(/C(C)=N\NC(=O)[C@H](C)Sc4ccc(Cl)cc4)cc3[C@@H]3C=CC[C@@H]32)cc1. The van der Waals surface area contributed by atoms with E-state index in [0.29, 0.717) is 16.5 Å². The number of amides is 1. The molecule has 0 spiro atoms. The lowest BCUT2D eigenvalue weighted by molar-refractivity contribution is -0.120. The largest absolute Gasteiger partial charge is 0.465 e. The average Bonchev–Trinajstić information content (AvgIpc) is 3.46. The van der Waals surface area contributed by atoms with Gasteiger partial charge in [0.2, 0.25) is 0 Å². The number of hydrazone groups is 1. The first-order chi connectivity index (χ1) is 18.8. The number of fused-ring (bicyclic) bond motifs is 3. The van der Waals surface area contributed by atoms with Crippen molar-refractivity contribution in [1.29, 1.82) is 0 Å². The summed E-state index contributed by atoms with van der Waals surface area (Å²) in [6, 6.07) is 21.5. The van der Waals surface area contributed by atoms with E-state index in [1.54, 1.807) is 0 Å². The summed E-state index contributed by atoms with van der Waals surface area (Å²) in [7, 11) is 1.39. The minimum absolute atomic E-state index is 0.128. The molecule has 39 heavy (non-hydrogen) atoms. The molecule has 2 aliphatic rings. The molecular formula is C31H30ClN3O3S. The Kier molecular flexibility index (Phi) is 8.10. The number of hydrogen-bond donors (Lipinski definition) is 2. The number of carbonyl (C=O) groups is 2. The van der Waals surface area contributed by atoms with Gasteiger partial charge in [0.05, 0.1) is 29.7 Å². The van der Waals surface area contributed by atoms with Crippen LogP contribution in [-0.2, 0) is 9.53 Å². The second-order valence-electron chi connectivity index (χ2n) is 9.78. The summed E-state index contributed by atoms with van der Waals surface area (Å²) in [5.41, 5.74) is 8.42. The molecule has 0 radical (unpaired) electrons. The van der Waals surface area contributed by atoms with Gasteiger partial charge in [0.1, 0.15) is 0 Å². The Bertz CT molecular complexity index is 1440. The number of methoxy groups -OCH3 is 1. The Hall–Kier alpha value is -3.55. The van der Waals surface area contributed by atoms with Crippen molar-refractivity contribution in [2.24, 2.45) is 11.0 Å². The second kappa shape index (κ2) is 11.7. The van der Waals surface area contributed by atoms with Gasteiger partial charge in [-0.1, -0.05) is 42.0 Å². The van der Waals surface area contributed by atoms with E-state index in [2.05, 4.69) is 40.1 Å². The lowest BCUT2D eigenvalue weighted by Gasteiger charge is -2.37. The van der Waals surface area contributed by atoms with Crippen LogP contribution in [-0.4, -0.2) is 29.9 Å². The molecule has 200 valence electrons. The number of anilines is 1. The Morgan fingerprint density at radius 2 is 1.79 bits per heavy atom. The first kappa shape index (κ1) is 27.0. The third kappa shape index (κ3) is 5.89. The van der Waals surface area contributed by atoms with Crippen molar-refractivity contribution in [1.82, 2.24) is 5.43 Å². The van der Waals surface area contributed by atoms with Crippen LogP contribution in [0.3, 0.4) is 0 Å². The van der Waals surface area contributed by atoms with E-state index in [-0.39, 0.29) is 29.1 Å². The standard InChI is InChI=1S/C31H30ClN3O3S/c1-18(34-35-30(36)19(2)39-24-14-12-23(32)13-15-24)22-11-16-28-27(17-22)25-5-4-6-26(25)29(33-28)20-7-9-21(10-8-20)31(37)38-3/h4-5,7-17,19,25-26,29,33H,6H2,1-3H3,(H,35,36)/b34-18-/t19-,25+,26-,29-/m0/s1. The summed E-state index contributed by atoms with van der Waals surface area (Å²) in [6.45, 7) is 3.76. The van der Waals surface area contributed by atoms with Gasteiger partial charge in [-0.05, 0) is 91.4 Å². The van der Waals surface area contributed by atoms with E-state index < -0.39 is 0 Å². The van der Waals surface area contributed by atoms with Crippen LogP contribution in [0, 0.1) is 5.92 Å². The van der Waals surface area contributed by atoms with E-state index in [0.717, 1.165) is 33.8 Å². The fourth-order valence-corrected chi connectivity index (χ4v) is 6.15. The molecule has 2 N–H and O–H groups in total. The van der Waals surface area contributed by atoms with Crippen LogP contribution in [0.2, 0.25) is 5.02 Å². The van der Waals surface area contributed by atoms with Crippen molar-refractivity contribution >= 4 is 46.6 Å². The van der Waals surface area contributed by atoms with Crippen LogP contribution in [0.5, 0.6) is 0 Å². The number of hydrogen-bond acceptors (Lipinski definition) is 6. The number of halogens is 1. The zero-order chi connectivity index (χ0) is 27.5. The molecule has 3 aromatic rings. The average molecular weight is 560 g/mol. The van der Waals surface area contributed by atoms with Gasteiger partial charge in [-0.3, -0.25) is 4.79 Å². The summed E-state index contributed by atoms with van der Waals surface area (Å²) in [5, 5.41) is 8.49. The molecule has 4 atom stereocenters. The summed E-state index contributed by atoms with van der Waals surface area (Å²) in [6.07, 6.45) is 5.50. The number of ether oxygens (including phenoxy) is 1. The molecule has 0 saturated carbocycles. The minimum atomic E-state index is -0.334. The highest BCUT2D eigenvalue weighted by Crippen LogP contribution is 2.50. The van der Waals surface area contributed by atoms with Gasteiger partial charge >= 0.3 is 5.97 Å². The van der Waals surface area contributed by atoms with Gasteiger partial charge in [-0.25, -0.2) is 10.2 Å². The molecule has 1 amide bonds. The Balaban J connectivity index is 1.29. The molecular weight excluding hydrogens is 530 g/mol. The predicted octanol–water partition coefficient (Wildman–Crippen LogP) is 6.97. The van der Waals surface area contributed by atoms with Crippen LogP contribution in [0.25, 0.3) is 0 Å². The maximum Gasteiger partial charge on any atom is 0.337 e. The highest BCUT2D eigenvalue weighted by molar-refractivity contribution is 8.00. The van der Waals surface area contributed by atoms with E-state index in [1.165, 1.54) is 24.4 Å². The van der Waals surface area contributed by atoms with Gasteiger partial charge in [-0.15, -0.1) is 11.8 Å². The Morgan fingerprint density at radius 3 is 2.51 bits per heavy atom. The van der Waals surface area contributed by atoms with Crippen LogP contribution in [0.1, 0.15) is 59.3 Å². The monoisotopic (exact) mass is 559 g/mol. The van der Waals surface area contributed by atoms with Crippen molar-refractivity contribution in [2.75, 3.05) is 12.4 Å². The zero-order valence-electron chi connectivity index (χ0n) is 22.0. The van der Waals surface area contributed by atoms with E-state index in [1.807, 2.05) is 68.4 Å². The van der Waals surface area contributed by atoms with Gasteiger partial charge in [0, 0.05) is 21.5 Å². The maximum absolute atomic E-state index is 12.7. The van der Waals surface area contributed by atoms with Crippen LogP contribution >= 0.6 is 23.4 Å². The van der Waals surface area contributed by atoms with Crippen molar-refractivity contribution < 1.29 is 14.3 Å². The molecule has 5 rings (SSSR count). The lowest BCUT2D eigenvalue weighted by Crippen LogP contribution is -2.29. The minimum Gasteiger partial charge on any atom is -0.465 e. The highest BCUT2D eigenvalue weighted by atomic mass is 35.5. The fraction of sp³-hybridized carbons (Fsp3) is 0.258. The van der Waals surface area contributed by atoms with E-state index in [4.69, 9.17) is 16.3 Å². The number of allylic oxidation sites excluding steroid dienone is 2. The molecule has 3 aromatic carbocycles. The summed E-state index contributed by atoms with van der Waals surface area (Å²) >= 11 is 7.41. The maximum atomic E-state index is 12.7. The van der Waals surface area contributed by atoms with Crippen molar-refractivity contribution in [3.63, 3.8) is 0 Å². The number of benzene rings is 3. The first-order valence-corrected chi connectivity index (χ1v) is 14.1. The van der Waals surface area contributed by atoms with Crippen molar-refractivity contribution in [3.05, 3.63) is 106 Å². The molecule has 6 nitrogen and oxygen atoms in total. The van der Waals surface area contributed by atoms with Gasteiger partial charge in [0.25, 0.3) is 5.91 Å². The van der Waals surface area contributed by atoms with Crippen LogP contribution < -0.4 is 10.7 Å². The normalized spacial score (nSPS) is 20.4. The molecule has 0 aromatic heterocycles. The first-order valence-electron chi connectivity index (χ1n) is 12.9. The quantitative estimate of drug-likeness (QED) is 0.107. The molecule has 1 heterocycles. The molecule has 8 heteroatoms. The van der Waals surface area contributed by atoms with Crippen molar-refractivity contribution in [2.45, 2.75) is 42.4 Å². The smallest absolute Gasteiger partial charge is 0.337 e. The number of carbonyl (C=O) groups excluding carboxylic acids is 2. The number of nitrogens with zero attached hydrogens (tertiary/aromatic N) is 1. The molecule has 0 fully saturated rings. The predicted molar refractivity (Wildman–Crippen MR) is 158 cm³/mol. The molecule has 0 saturated heterocycles. The van der Waals surface area contributed by atoms with Crippen molar-refractivity contribution in [3.8, 4) is 0 Å². The molecule has 0 bridgehead atoms. The molecule has 0 unspecified atom stereocenters. The summed E-state index contributed by atoms with van der Waals surface area (Å²) < 4.78 is 4.84.